The van der Waals surface area contributed by atoms with Crippen LogP contribution < -0.4 is 4.74 Å². The Morgan fingerprint density at radius 3 is 2.48 bits per heavy atom. The molecule has 1 aliphatic heterocycles. The van der Waals surface area contributed by atoms with Gasteiger partial charge in [0.25, 0.3) is 0 Å². The van der Waals surface area contributed by atoms with E-state index in [1.807, 2.05) is 6.08 Å². The third-order valence-corrected chi connectivity index (χ3v) is 3.60. The molecule has 2 rings (SSSR count). The summed E-state index contributed by atoms with van der Waals surface area (Å²) in [4.78, 5) is 20.6. The lowest BCUT2D eigenvalue weighted by Crippen LogP contribution is -2.38. The molecule has 0 spiro atoms. The molecule has 2 N–H and O–H groups in total. The van der Waals surface area contributed by atoms with Crippen LogP contribution >= 0.6 is 0 Å². The fourth-order valence-corrected chi connectivity index (χ4v) is 2.34. The standard InChI is InChI=1S/C16H23NO2.C2H2O4/c1-3-5-15-7-4-6-14(2)16(15)19-13-10-17-8-11-18-12-9-17;3-1(4)2(5)6/h3-4,6-7H,1,5,8-13H2,2H3;(H,3,4)(H,5,6). The number of morpholine rings is 1. The SMILES string of the molecule is C=CCc1cccc(C)c1OCCN1CCOCC1.O=C(O)C(=O)O. The van der Waals surface area contributed by atoms with Crippen LogP contribution in [0.3, 0.4) is 0 Å². The van der Waals surface area contributed by atoms with Gasteiger partial charge in [-0.3, -0.25) is 4.90 Å². The zero-order valence-corrected chi connectivity index (χ0v) is 14.4. The Bertz CT molecular complexity index is 569. The van der Waals surface area contributed by atoms with Gasteiger partial charge in [0.15, 0.2) is 0 Å². The Kier molecular flexibility index (Phi) is 9.28. The molecule has 1 aliphatic rings. The van der Waals surface area contributed by atoms with E-state index in [-0.39, 0.29) is 0 Å². The maximum Gasteiger partial charge on any atom is 0.414 e. The monoisotopic (exact) mass is 351 g/mol. The third-order valence-electron chi connectivity index (χ3n) is 3.60. The Balaban J connectivity index is 0.000000450. The van der Waals surface area contributed by atoms with Crippen molar-refractivity contribution < 1.29 is 29.3 Å². The second-order valence-corrected chi connectivity index (χ2v) is 5.47. The van der Waals surface area contributed by atoms with E-state index >= 15 is 0 Å². The summed E-state index contributed by atoms with van der Waals surface area (Å²) < 4.78 is 11.3. The molecule has 25 heavy (non-hydrogen) atoms. The van der Waals surface area contributed by atoms with E-state index in [4.69, 9.17) is 29.3 Å². The topological polar surface area (TPSA) is 96.3 Å². The molecule has 0 radical (unpaired) electrons. The molecule has 0 bridgehead atoms. The molecular weight excluding hydrogens is 326 g/mol. The molecule has 0 aliphatic carbocycles. The van der Waals surface area contributed by atoms with Crippen molar-refractivity contribution in [1.29, 1.82) is 0 Å². The van der Waals surface area contributed by atoms with Crippen molar-refractivity contribution in [2.24, 2.45) is 0 Å². The Hall–Kier alpha value is -2.38. The molecule has 1 fully saturated rings. The van der Waals surface area contributed by atoms with Crippen molar-refractivity contribution in [3.8, 4) is 5.75 Å². The summed E-state index contributed by atoms with van der Waals surface area (Å²) in [6.07, 6.45) is 2.78. The van der Waals surface area contributed by atoms with Crippen LogP contribution in [0.15, 0.2) is 30.9 Å². The first-order valence-electron chi connectivity index (χ1n) is 8.04. The molecule has 0 saturated carbocycles. The Labute approximate surface area is 147 Å². The quantitative estimate of drug-likeness (QED) is 0.593. The summed E-state index contributed by atoms with van der Waals surface area (Å²) in [7, 11) is 0. The highest BCUT2D eigenvalue weighted by atomic mass is 16.5. The van der Waals surface area contributed by atoms with Crippen molar-refractivity contribution in [2.75, 3.05) is 39.5 Å². The molecule has 1 saturated heterocycles. The number of benzene rings is 1. The van der Waals surface area contributed by atoms with Crippen LogP contribution in [0, 0.1) is 6.92 Å². The van der Waals surface area contributed by atoms with E-state index in [9.17, 15) is 0 Å². The largest absolute Gasteiger partial charge is 0.492 e. The summed E-state index contributed by atoms with van der Waals surface area (Å²) in [6.45, 7) is 11.3. The minimum absolute atomic E-state index is 0.731. The number of hydrogen-bond donors (Lipinski definition) is 2. The highest BCUT2D eigenvalue weighted by Gasteiger charge is 2.11. The fraction of sp³-hybridized carbons (Fsp3) is 0.444. The van der Waals surface area contributed by atoms with Crippen LogP contribution in [0.2, 0.25) is 0 Å². The van der Waals surface area contributed by atoms with Crippen molar-refractivity contribution in [2.45, 2.75) is 13.3 Å². The van der Waals surface area contributed by atoms with Gasteiger partial charge < -0.3 is 19.7 Å². The van der Waals surface area contributed by atoms with Gasteiger partial charge in [0, 0.05) is 19.6 Å². The van der Waals surface area contributed by atoms with Crippen molar-refractivity contribution in [1.82, 2.24) is 4.90 Å². The first-order valence-corrected chi connectivity index (χ1v) is 8.04. The van der Waals surface area contributed by atoms with Crippen molar-refractivity contribution >= 4 is 11.9 Å². The average Bonchev–Trinajstić information content (AvgIpc) is 2.59. The average molecular weight is 351 g/mol. The molecule has 0 amide bonds. The molecule has 138 valence electrons. The molecule has 0 unspecified atom stereocenters. The number of aliphatic carboxylic acids is 2. The van der Waals surface area contributed by atoms with Crippen LogP contribution in [0.5, 0.6) is 5.75 Å². The third kappa shape index (κ3) is 7.82. The minimum Gasteiger partial charge on any atom is -0.492 e. The fourth-order valence-electron chi connectivity index (χ4n) is 2.34. The van der Waals surface area contributed by atoms with E-state index in [2.05, 4.69) is 36.6 Å². The predicted molar refractivity (Wildman–Crippen MR) is 93.1 cm³/mol. The number of allylic oxidation sites excluding steroid dienone is 1. The summed E-state index contributed by atoms with van der Waals surface area (Å²) in [5.41, 5.74) is 2.42. The van der Waals surface area contributed by atoms with E-state index in [1.165, 1.54) is 11.1 Å². The van der Waals surface area contributed by atoms with Crippen LogP contribution in [0.25, 0.3) is 0 Å². The highest BCUT2D eigenvalue weighted by Crippen LogP contribution is 2.24. The van der Waals surface area contributed by atoms with Gasteiger partial charge in [0.2, 0.25) is 0 Å². The van der Waals surface area contributed by atoms with Gasteiger partial charge in [0.1, 0.15) is 12.4 Å². The number of carboxylic acid groups (broad SMARTS) is 2. The molecule has 0 aromatic heterocycles. The van der Waals surface area contributed by atoms with Gasteiger partial charge in [-0.15, -0.1) is 6.58 Å². The molecule has 7 heteroatoms. The lowest BCUT2D eigenvalue weighted by molar-refractivity contribution is -0.159. The molecule has 1 heterocycles. The van der Waals surface area contributed by atoms with Gasteiger partial charge in [-0.1, -0.05) is 24.3 Å². The lowest BCUT2D eigenvalue weighted by Gasteiger charge is -2.26. The number of ether oxygens (including phenoxy) is 2. The molecule has 0 atom stereocenters. The lowest BCUT2D eigenvalue weighted by atomic mass is 10.1. The van der Waals surface area contributed by atoms with E-state index < -0.39 is 11.9 Å². The van der Waals surface area contributed by atoms with Crippen LogP contribution in [0.1, 0.15) is 11.1 Å². The number of rotatable bonds is 6. The molecule has 1 aromatic rings. The predicted octanol–water partition coefficient (Wildman–Crippen LogP) is 1.59. The van der Waals surface area contributed by atoms with Gasteiger partial charge >= 0.3 is 11.9 Å². The maximum atomic E-state index is 9.10. The summed E-state index contributed by atoms with van der Waals surface area (Å²) in [5.74, 6) is -2.62. The summed E-state index contributed by atoms with van der Waals surface area (Å²) in [5, 5.41) is 14.8. The van der Waals surface area contributed by atoms with E-state index in [1.54, 1.807) is 0 Å². The number of para-hydroxylation sites is 1. The molecule has 1 aromatic carbocycles. The van der Waals surface area contributed by atoms with E-state index in [0.717, 1.165) is 51.6 Å². The Morgan fingerprint density at radius 2 is 1.92 bits per heavy atom. The normalized spacial score (nSPS) is 14.1. The zero-order valence-electron chi connectivity index (χ0n) is 14.4. The zero-order chi connectivity index (χ0) is 18.7. The number of hydrogen-bond acceptors (Lipinski definition) is 5. The first kappa shape index (κ1) is 20.7. The second kappa shape index (κ2) is 11.2. The van der Waals surface area contributed by atoms with Crippen molar-refractivity contribution in [3.05, 3.63) is 42.0 Å². The second-order valence-electron chi connectivity index (χ2n) is 5.47. The van der Waals surface area contributed by atoms with Gasteiger partial charge in [-0.25, -0.2) is 9.59 Å². The summed E-state index contributed by atoms with van der Waals surface area (Å²) in [6, 6.07) is 6.28. The number of nitrogens with zero attached hydrogens (tertiary/aromatic N) is 1. The minimum atomic E-state index is -1.82. The van der Waals surface area contributed by atoms with Crippen LogP contribution in [-0.4, -0.2) is 66.5 Å². The number of carboxylic acids is 2. The maximum absolute atomic E-state index is 9.10. The van der Waals surface area contributed by atoms with Gasteiger partial charge in [0.05, 0.1) is 13.2 Å². The van der Waals surface area contributed by atoms with Crippen molar-refractivity contribution in [3.63, 3.8) is 0 Å². The molecule has 7 nitrogen and oxygen atoms in total. The highest BCUT2D eigenvalue weighted by molar-refractivity contribution is 6.27. The summed E-state index contributed by atoms with van der Waals surface area (Å²) >= 11 is 0. The van der Waals surface area contributed by atoms with Crippen LogP contribution in [-0.2, 0) is 20.7 Å². The number of carbonyl (C=O) groups is 2. The first-order chi connectivity index (χ1) is 12.0. The smallest absolute Gasteiger partial charge is 0.414 e. The molecular formula is C18H25NO6. The van der Waals surface area contributed by atoms with Gasteiger partial charge in [-0.2, -0.15) is 0 Å². The number of aryl methyl sites for hydroxylation is 1. The van der Waals surface area contributed by atoms with Gasteiger partial charge in [-0.05, 0) is 24.5 Å². The van der Waals surface area contributed by atoms with E-state index in [0.29, 0.717) is 0 Å². The van der Waals surface area contributed by atoms with Crippen LogP contribution in [0.4, 0.5) is 0 Å². The Morgan fingerprint density at radius 1 is 1.28 bits per heavy atom.